The lowest BCUT2D eigenvalue weighted by atomic mass is 10.2. The molecular weight excluding hydrogens is 317 g/mol. The third-order valence-electron chi connectivity index (χ3n) is 3.93. The second-order valence-electron chi connectivity index (χ2n) is 5.59. The van der Waals surface area contributed by atoms with Gasteiger partial charge in [0.15, 0.2) is 0 Å². The van der Waals surface area contributed by atoms with Gasteiger partial charge < -0.3 is 4.90 Å². The van der Waals surface area contributed by atoms with Gasteiger partial charge in [0.05, 0.1) is 10.6 Å². The molecule has 0 radical (unpaired) electrons. The predicted molar refractivity (Wildman–Crippen MR) is 86.8 cm³/mol. The highest BCUT2D eigenvalue weighted by Crippen LogP contribution is 2.14. The Morgan fingerprint density at radius 3 is 2.48 bits per heavy atom. The van der Waals surface area contributed by atoms with Crippen molar-refractivity contribution in [1.29, 1.82) is 0 Å². The summed E-state index contributed by atoms with van der Waals surface area (Å²) >= 11 is 5.88. The molecule has 1 aromatic heterocycles. The van der Waals surface area contributed by atoms with E-state index in [0.717, 1.165) is 25.2 Å². The molecule has 6 heteroatoms. The van der Waals surface area contributed by atoms with Gasteiger partial charge in [0.25, 0.3) is 5.91 Å². The molecule has 2 heterocycles. The summed E-state index contributed by atoms with van der Waals surface area (Å²) < 4.78 is 12.9. The second-order valence-corrected chi connectivity index (χ2v) is 6.02. The normalized spacial score (nSPS) is 15.7. The van der Waals surface area contributed by atoms with Crippen molar-refractivity contribution < 1.29 is 9.18 Å². The second kappa shape index (κ2) is 7.06. The zero-order valence-corrected chi connectivity index (χ0v) is 13.3. The van der Waals surface area contributed by atoms with Crippen LogP contribution < -0.4 is 0 Å². The van der Waals surface area contributed by atoms with Crippen LogP contribution in [0.3, 0.4) is 0 Å². The average molecular weight is 334 g/mol. The van der Waals surface area contributed by atoms with E-state index < -0.39 is 0 Å². The summed E-state index contributed by atoms with van der Waals surface area (Å²) in [4.78, 5) is 20.5. The SMILES string of the molecule is O=C(c1cncc(Cl)c1)N1CCN(Cc2ccc(F)cc2)CC1. The molecule has 0 bridgehead atoms. The molecule has 0 N–H and O–H groups in total. The molecule has 2 aromatic rings. The van der Waals surface area contributed by atoms with Crippen LogP contribution in [-0.2, 0) is 6.54 Å². The van der Waals surface area contributed by atoms with Crippen LogP contribution in [0, 0.1) is 5.82 Å². The Morgan fingerprint density at radius 1 is 1.13 bits per heavy atom. The van der Waals surface area contributed by atoms with Crippen molar-refractivity contribution in [2.75, 3.05) is 26.2 Å². The molecule has 0 unspecified atom stereocenters. The number of benzene rings is 1. The lowest BCUT2D eigenvalue weighted by molar-refractivity contribution is 0.0628. The van der Waals surface area contributed by atoms with Gasteiger partial charge in [-0.25, -0.2) is 4.39 Å². The van der Waals surface area contributed by atoms with Gasteiger partial charge in [0, 0.05) is 45.1 Å². The lowest BCUT2D eigenvalue weighted by Gasteiger charge is -2.34. The van der Waals surface area contributed by atoms with Gasteiger partial charge in [-0.1, -0.05) is 23.7 Å². The Hall–Kier alpha value is -1.98. The molecule has 0 aliphatic carbocycles. The van der Waals surface area contributed by atoms with Crippen molar-refractivity contribution >= 4 is 17.5 Å². The number of carbonyl (C=O) groups excluding carboxylic acids is 1. The third-order valence-corrected chi connectivity index (χ3v) is 4.14. The van der Waals surface area contributed by atoms with Gasteiger partial charge in [-0.3, -0.25) is 14.7 Å². The molecule has 120 valence electrons. The monoisotopic (exact) mass is 333 g/mol. The zero-order valence-electron chi connectivity index (χ0n) is 12.6. The molecule has 1 aromatic carbocycles. The van der Waals surface area contributed by atoms with Crippen LogP contribution in [0.25, 0.3) is 0 Å². The summed E-state index contributed by atoms with van der Waals surface area (Å²) in [6.45, 7) is 3.66. The summed E-state index contributed by atoms with van der Waals surface area (Å²) in [7, 11) is 0. The van der Waals surface area contributed by atoms with Crippen molar-refractivity contribution in [3.05, 3.63) is 64.7 Å². The van der Waals surface area contributed by atoms with E-state index in [1.165, 1.54) is 18.3 Å². The molecule has 1 fully saturated rings. The van der Waals surface area contributed by atoms with Gasteiger partial charge in [-0.05, 0) is 23.8 Å². The van der Waals surface area contributed by atoms with E-state index in [1.54, 1.807) is 24.4 Å². The number of piperazine rings is 1. The third kappa shape index (κ3) is 4.06. The highest BCUT2D eigenvalue weighted by molar-refractivity contribution is 6.30. The molecule has 1 aliphatic heterocycles. The van der Waals surface area contributed by atoms with Crippen LogP contribution in [0.5, 0.6) is 0 Å². The maximum atomic E-state index is 12.9. The van der Waals surface area contributed by atoms with E-state index in [1.807, 2.05) is 4.90 Å². The number of rotatable bonds is 3. The highest BCUT2D eigenvalue weighted by atomic mass is 35.5. The first-order valence-corrected chi connectivity index (χ1v) is 7.86. The number of aromatic nitrogens is 1. The molecule has 0 spiro atoms. The molecule has 1 aliphatic rings. The minimum Gasteiger partial charge on any atom is -0.336 e. The molecule has 23 heavy (non-hydrogen) atoms. The van der Waals surface area contributed by atoms with E-state index in [2.05, 4.69) is 9.88 Å². The lowest BCUT2D eigenvalue weighted by Crippen LogP contribution is -2.48. The van der Waals surface area contributed by atoms with Gasteiger partial charge in [0.1, 0.15) is 5.82 Å². The number of carbonyl (C=O) groups is 1. The number of hydrogen-bond acceptors (Lipinski definition) is 3. The van der Waals surface area contributed by atoms with E-state index in [0.29, 0.717) is 23.7 Å². The van der Waals surface area contributed by atoms with Gasteiger partial charge >= 0.3 is 0 Å². The highest BCUT2D eigenvalue weighted by Gasteiger charge is 2.22. The van der Waals surface area contributed by atoms with Crippen LogP contribution in [-0.4, -0.2) is 46.9 Å². The first-order chi connectivity index (χ1) is 11.1. The topological polar surface area (TPSA) is 36.4 Å². The zero-order chi connectivity index (χ0) is 16.2. The summed E-state index contributed by atoms with van der Waals surface area (Å²) in [6, 6.07) is 8.18. The van der Waals surface area contributed by atoms with Gasteiger partial charge in [0.2, 0.25) is 0 Å². The Bertz CT molecular complexity index is 684. The molecule has 0 saturated carbocycles. The molecule has 3 rings (SSSR count). The summed E-state index contributed by atoms with van der Waals surface area (Å²) in [5, 5.41) is 0.464. The van der Waals surface area contributed by atoms with Crippen LogP contribution in [0.1, 0.15) is 15.9 Å². The van der Waals surface area contributed by atoms with E-state index in [4.69, 9.17) is 11.6 Å². The molecule has 1 amide bonds. The van der Waals surface area contributed by atoms with Crippen molar-refractivity contribution in [2.24, 2.45) is 0 Å². The first kappa shape index (κ1) is 15.9. The minimum atomic E-state index is -0.223. The maximum absolute atomic E-state index is 12.9. The Morgan fingerprint density at radius 2 is 1.83 bits per heavy atom. The van der Waals surface area contributed by atoms with Crippen molar-refractivity contribution in [1.82, 2.24) is 14.8 Å². The van der Waals surface area contributed by atoms with Crippen LogP contribution in [0.2, 0.25) is 5.02 Å². The molecule has 4 nitrogen and oxygen atoms in total. The predicted octanol–water partition coefficient (Wildman–Crippen LogP) is 2.83. The van der Waals surface area contributed by atoms with Gasteiger partial charge in [-0.15, -0.1) is 0 Å². The Balaban J connectivity index is 1.55. The Labute approximate surface area is 139 Å². The number of nitrogens with zero attached hydrogens (tertiary/aromatic N) is 3. The molecule has 0 atom stereocenters. The number of amides is 1. The van der Waals surface area contributed by atoms with Crippen LogP contribution in [0.4, 0.5) is 4.39 Å². The van der Waals surface area contributed by atoms with E-state index in [9.17, 15) is 9.18 Å². The fourth-order valence-corrected chi connectivity index (χ4v) is 2.84. The maximum Gasteiger partial charge on any atom is 0.255 e. The molecular formula is C17H17ClFN3O. The summed E-state index contributed by atoms with van der Waals surface area (Å²) in [5.41, 5.74) is 1.59. The minimum absolute atomic E-state index is 0.0403. The number of halogens is 2. The van der Waals surface area contributed by atoms with Crippen LogP contribution in [0.15, 0.2) is 42.7 Å². The largest absolute Gasteiger partial charge is 0.336 e. The number of hydrogen-bond donors (Lipinski definition) is 0. The summed E-state index contributed by atoms with van der Waals surface area (Å²) in [6.07, 6.45) is 3.05. The fourth-order valence-electron chi connectivity index (χ4n) is 2.67. The molecule has 1 saturated heterocycles. The van der Waals surface area contributed by atoms with Crippen molar-refractivity contribution in [2.45, 2.75) is 6.54 Å². The standard InChI is InChI=1S/C17H17ClFN3O/c18-15-9-14(10-20-11-15)17(23)22-7-5-21(6-8-22)12-13-1-3-16(19)4-2-13/h1-4,9-11H,5-8,12H2. The number of pyridine rings is 1. The van der Waals surface area contributed by atoms with Crippen LogP contribution >= 0.6 is 11.6 Å². The van der Waals surface area contributed by atoms with Gasteiger partial charge in [-0.2, -0.15) is 0 Å². The van der Waals surface area contributed by atoms with E-state index >= 15 is 0 Å². The average Bonchev–Trinajstić information content (AvgIpc) is 2.57. The van der Waals surface area contributed by atoms with E-state index in [-0.39, 0.29) is 11.7 Å². The summed E-state index contributed by atoms with van der Waals surface area (Å²) in [5.74, 6) is -0.263. The van der Waals surface area contributed by atoms with Crippen molar-refractivity contribution in [3.8, 4) is 0 Å². The quantitative estimate of drug-likeness (QED) is 0.866. The smallest absolute Gasteiger partial charge is 0.255 e. The fraction of sp³-hybridized carbons (Fsp3) is 0.294. The van der Waals surface area contributed by atoms with Crippen molar-refractivity contribution in [3.63, 3.8) is 0 Å². The Kier molecular flexibility index (Phi) is 4.88. The first-order valence-electron chi connectivity index (χ1n) is 7.48.